The number of carbonyl (C=O) groups excluding carboxylic acids is 1. The molecule has 3 rings (SSSR count). The van der Waals surface area contributed by atoms with E-state index < -0.39 is 17.7 Å². The van der Waals surface area contributed by atoms with Gasteiger partial charge in [0.2, 0.25) is 0 Å². The minimum atomic E-state index is -2.59. The van der Waals surface area contributed by atoms with Crippen molar-refractivity contribution in [1.29, 1.82) is 0 Å². The lowest BCUT2D eigenvalue weighted by Gasteiger charge is -2.20. The monoisotopic (exact) mass is 457 g/mol. The van der Waals surface area contributed by atoms with Crippen molar-refractivity contribution in [1.82, 2.24) is 14.8 Å². The van der Waals surface area contributed by atoms with Gasteiger partial charge in [0.25, 0.3) is 11.8 Å². The van der Waals surface area contributed by atoms with Crippen LogP contribution in [0.25, 0.3) is 5.69 Å². The molecule has 1 fully saturated rings. The smallest absolute Gasteiger partial charge is 0.277 e. The van der Waals surface area contributed by atoms with Gasteiger partial charge in [-0.3, -0.25) is 9.78 Å². The Morgan fingerprint density at radius 1 is 1.50 bits per heavy atom. The van der Waals surface area contributed by atoms with Gasteiger partial charge < -0.3 is 9.74 Å². The number of carbonyl (C=O) groups is 1. The zero-order valence-electron chi connectivity index (χ0n) is 16.6. The highest BCUT2D eigenvalue weighted by Crippen LogP contribution is 2.50. The Morgan fingerprint density at radius 3 is 2.87 bits per heavy atom. The van der Waals surface area contributed by atoms with Crippen LogP contribution in [0.1, 0.15) is 20.3 Å². The molecule has 162 valence electrons. The van der Waals surface area contributed by atoms with E-state index in [0.29, 0.717) is 17.9 Å². The summed E-state index contributed by atoms with van der Waals surface area (Å²) in [5, 5.41) is 8.32. The van der Waals surface area contributed by atoms with Gasteiger partial charge in [0.05, 0.1) is 18.1 Å². The van der Waals surface area contributed by atoms with E-state index in [4.69, 9.17) is 16.4 Å². The number of halogens is 3. The van der Waals surface area contributed by atoms with E-state index in [1.54, 1.807) is 38.5 Å². The molecule has 0 radical (unpaired) electrons. The molecule has 1 atom stereocenters. The second-order valence-electron chi connectivity index (χ2n) is 6.64. The molecule has 1 saturated carbocycles. The van der Waals surface area contributed by atoms with Crippen molar-refractivity contribution in [3.8, 4) is 5.69 Å². The lowest BCUT2D eigenvalue weighted by atomic mass is 10.3. The van der Waals surface area contributed by atoms with E-state index in [0.717, 1.165) is 0 Å². The zero-order chi connectivity index (χ0) is 21.7. The molecular formula is C19H22ClF2N5O2S. The minimum absolute atomic E-state index is 0.101. The van der Waals surface area contributed by atoms with Crippen LogP contribution < -0.4 is 4.90 Å². The van der Waals surface area contributed by atoms with Gasteiger partial charge in [-0.15, -0.1) is 0 Å². The largest absolute Gasteiger partial charge is 0.396 e. The maximum Gasteiger partial charge on any atom is 0.277 e. The number of anilines is 1. The summed E-state index contributed by atoms with van der Waals surface area (Å²) in [6.07, 6.45) is 4.80. The SMILES string of the molecule is CCO/N=C(\CSCC1CC1(F)F)C(=O)N(CC)c1cn(-c2cccnc2)nc1Cl. The molecule has 1 amide bonds. The number of oxime groups is 1. The molecule has 0 N–H and O–H groups in total. The fraction of sp³-hybridized carbons (Fsp3) is 0.474. The lowest BCUT2D eigenvalue weighted by molar-refractivity contribution is -0.112. The molecule has 1 aliphatic carbocycles. The summed E-state index contributed by atoms with van der Waals surface area (Å²) in [5.41, 5.74) is 1.24. The summed E-state index contributed by atoms with van der Waals surface area (Å²) in [4.78, 5) is 23.7. The molecule has 0 spiro atoms. The number of pyridine rings is 1. The summed E-state index contributed by atoms with van der Waals surface area (Å²) in [6.45, 7) is 4.14. The number of rotatable bonds is 10. The van der Waals surface area contributed by atoms with Gasteiger partial charge in [-0.2, -0.15) is 16.9 Å². The van der Waals surface area contributed by atoms with Crippen molar-refractivity contribution in [2.24, 2.45) is 11.1 Å². The van der Waals surface area contributed by atoms with Gasteiger partial charge in [-0.25, -0.2) is 13.5 Å². The average Bonchev–Trinajstić information content (AvgIpc) is 3.16. The number of nitrogens with zero attached hydrogens (tertiary/aromatic N) is 5. The molecule has 0 aliphatic heterocycles. The highest BCUT2D eigenvalue weighted by atomic mass is 35.5. The molecule has 0 saturated heterocycles. The van der Waals surface area contributed by atoms with E-state index in [1.807, 2.05) is 6.07 Å². The van der Waals surface area contributed by atoms with Crippen molar-refractivity contribution in [3.05, 3.63) is 35.9 Å². The first kappa shape index (κ1) is 22.5. The summed E-state index contributed by atoms with van der Waals surface area (Å²) >= 11 is 7.54. The van der Waals surface area contributed by atoms with E-state index in [-0.39, 0.29) is 35.4 Å². The van der Waals surface area contributed by atoms with Crippen LogP contribution in [0.3, 0.4) is 0 Å². The molecule has 1 unspecified atom stereocenters. The Morgan fingerprint density at radius 2 is 2.27 bits per heavy atom. The van der Waals surface area contributed by atoms with E-state index >= 15 is 0 Å². The molecule has 11 heteroatoms. The van der Waals surface area contributed by atoms with Gasteiger partial charge in [0.1, 0.15) is 12.3 Å². The first-order chi connectivity index (χ1) is 14.4. The molecule has 0 bridgehead atoms. The van der Waals surface area contributed by atoms with Gasteiger partial charge >= 0.3 is 0 Å². The van der Waals surface area contributed by atoms with Gasteiger partial charge in [-0.05, 0) is 26.0 Å². The number of hydrogen-bond donors (Lipinski definition) is 0. The maximum absolute atomic E-state index is 13.1. The number of hydrogen-bond acceptors (Lipinski definition) is 6. The summed E-state index contributed by atoms with van der Waals surface area (Å²) in [5.74, 6) is -3.21. The summed E-state index contributed by atoms with van der Waals surface area (Å²) in [6, 6.07) is 3.57. The second-order valence-corrected chi connectivity index (χ2v) is 8.03. The molecule has 1 aliphatic rings. The molecule has 2 heterocycles. The second kappa shape index (κ2) is 9.74. The Hall–Kier alpha value is -2.20. The predicted molar refractivity (Wildman–Crippen MR) is 114 cm³/mol. The number of aromatic nitrogens is 3. The van der Waals surface area contributed by atoms with Gasteiger partial charge in [-0.1, -0.05) is 16.8 Å². The molecule has 30 heavy (non-hydrogen) atoms. The summed E-state index contributed by atoms with van der Waals surface area (Å²) in [7, 11) is 0. The number of amides is 1. The number of alkyl halides is 2. The molecule has 0 aromatic carbocycles. The number of thioether (sulfide) groups is 1. The van der Waals surface area contributed by atoms with Crippen LogP contribution in [0.5, 0.6) is 0 Å². The minimum Gasteiger partial charge on any atom is -0.396 e. The van der Waals surface area contributed by atoms with Crippen molar-refractivity contribution >= 4 is 40.7 Å². The Kier molecular flexibility index (Phi) is 7.30. The zero-order valence-corrected chi connectivity index (χ0v) is 18.2. The van der Waals surface area contributed by atoms with Crippen molar-refractivity contribution < 1.29 is 18.4 Å². The van der Waals surface area contributed by atoms with Crippen molar-refractivity contribution in [3.63, 3.8) is 0 Å². The molecule has 2 aromatic heterocycles. The van der Waals surface area contributed by atoms with Crippen LogP contribution >= 0.6 is 23.4 Å². The normalized spacial score (nSPS) is 17.6. The average molecular weight is 458 g/mol. The Labute approximate surface area is 182 Å². The topological polar surface area (TPSA) is 72.6 Å². The van der Waals surface area contributed by atoms with E-state index in [1.165, 1.54) is 21.3 Å². The van der Waals surface area contributed by atoms with Gasteiger partial charge in [0, 0.05) is 36.6 Å². The lowest BCUT2D eigenvalue weighted by Crippen LogP contribution is -2.38. The van der Waals surface area contributed by atoms with Crippen LogP contribution in [0.2, 0.25) is 5.15 Å². The fourth-order valence-electron chi connectivity index (χ4n) is 2.74. The standard InChI is InChI=1S/C19H22ClF2N5O2S/c1-3-26(16-10-27(24-17(16)20)14-6-5-7-23-9-14)18(28)15(25-29-4-2)12-30-11-13-8-19(13,21)22/h5-7,9-10,13H,3-4,8,11-12H2,1-2H3/b25-15+. The highest BCUT2D eigenvalue weighted by molar-refractivity contribution is 8.00. The molecule has 7 nitrogen and oxygen atoms in total. The maximum atomic E-state index is 13.1. The molecular weight excluding hydrogens is 436 g/mol. The van der Waals surface area contributed by atoms with E-state index in [9.17, 15) is 13.6 Å². The van der Waals surface area contributed by atoms with Crippen molar-refractivity contribution in [2.75, 3.05) is 29.6 Å². The highest BCUT2D eigenvalue weighted by Gasteiger charge is 2.56. The first-order valence-corrected chi connectivity index (χ1v) is 11.0. The van der Waals surface area contributed by atoms with Crippen LogP contribution in [-0.2, 0) is 9.63 Å². The third-order valence-corrected chi connectivity index (χ3v) is 5.86. The fourth-order valence-corrected chi connectivity index (χ4v) is 4.11. The van der Waals surface area contributed by atoms with E-state index in [2.05, 4.69) is 15.2 Å². The third kappa shape index (κ3) is 5.28. The van der Waals surface area contributed by atoms with Crippen LogP contribution in [0, 0.1) is 5.92 Å². The Balaban J connectivity index is 1.75. The summed E-state index contributed by atoms with van der Waals surface area (Å²) < 4.78 is 27.7. The van der Waals surface area contributed by atoms with Crippen LogP contribution in [0.4, 0.5) is 14.5 Å². The van der Waals surface area contributed by atoms with Crippen LogP contribution in [0.15, 0.2) is 35.9 Å². The Bertz CT molecular complexity index is 910. The third-order valence-electron chi connectivity index (χ3n) is 4.48. The van der Waals surface area contributed by atoms with Gasteiger partial charge in [0.15, 0.2) is 10.9 Å². The first-order valence-electron chi connectivity index (χ1n) is 9.49. The van der Waals surface area contributed by atoms with Crippen LogP contribution in [-0.4, -0.2) is 57.0 Å². The quantitative estimate of drug-likeness (QED) is 0.397. The molecule has 2 aromatic rings. The predicted octanol–water partition coefficient (Wildman–Crippen LogP) is 4.05. The van der Waals surface area contributed by atoms with Crippen molar-refractivity contribution in [2.45, 2.75) is 26.2 Å².